The van der Waals surface area contributed by atoms with Gasteiger partial charge in [0.1, 0.15) is 0 Å². The van der Waals surface area contributed by atoms with Gasteiger partial charge in [0, 0.05) is 24.9 Å². The van der Waals surface area contributed by atoms with Crippen molar-refractivity contribution in [3.63, 3.8) is 0 Å². The molecule has 3 N–H and O–H groups in total. The van der Waals surface area contributed by atoms with Gasteiger partial charge in [-0.1, -0.05) is 5.92 Å². The second-order valence-electron chi connectivity index (χ2n) is 2.64. The predicted octanol–water partition coefficient (Wildman–Crippen LogP) is 0.423. The van der Waals surface area contributed by atoms with Crippen molar-refractivity contribution in [3.05, 3.63) is 11.8 Å². The van der Waals surface area contributed by atoms with E-state index in [1.165, 1.54) is 5.57 Å². The summed E-state index contributed by atoms with van der Waals surface area (Å²) in [4.78, 5) is 0. The first-order valence-electron chi connectivity index (χ1n) is 3.96. The molecule has 0 aromatic heterocycles. The highest BCUT2D eigenvalue weighted by atomic mass is 14.8. The van der Waals surface area contributed by atoms with Gasteiger partial charge in [-0.05, 0) is 30.5 Å². The monoisotopic (exact) mass is 160 g/mol. The molecular weight excluding hydrogens is 148 g/mol. The number of hydrogen-bond donors (Lipinski definition) is 2. The summed E-state index contributed by atoms with van der Waals surface area (Å²) in [7, 11) is 1.90. The predicted molar refractivity (Wildman–Crippen MR) is 49.6 cm³/mol. The highest BCUT2D eigenvalue weighted by molar-refractivity contribution is 5.32. The van der Waals surface area contributed by atoms with Crippen LogP contribution in [-0.2, 0) is 0 Å². The van der Waals surface area contributed by atoms with Crippen molar-refractivity contribution >= 4 is 0 Å². The zero-order valence-electron chi connectivity index (χ0n) is 7.15. The Kier molecular flexibility index (Phi) is 3.11. The largest absolute Gasteiger partial charge is 0.394 e. The molecule has 0 radical (unpaired) electrons. The molecule has 0 aromatic rings. The van der Waals surface area contributed by atoms with Gasteiger partial charge in [0.15, 0.2) is 0 Å². The average molecular weight is 160 g/mol. The van der Waals surface area contributed by atoms with E-state index in [1.807, 2.05) is 13.2 Å². The molecular formula is C10H12N2. The molecule has 0 bridgehead atoms. The van der Waals surface area contributed by atoms with Gasteiger partial charge in [-0.15, -0.1) is 0 Å². The highest BCUT2D eigenvalue weighted by Crippen LogP contribution is 2.31. The number of allylic oxidation sites excluding steroid dienone is 1. The third kappa shape index (κ3) is 1.97. The van der Waals surface area contributed by atoms with E-state index in [0.29, 0.717) is 5.92 Å². The first-order valence-corrected chi connectivity index (χ1v) is 3.96. The average Bonchev–Trinajstić information content (AvgIpc) is 2.06. The van der Waals surface area contributed by atoms with Crippen LogP contribution in [-0.4, -0.2) is 7.05 Å². The molecule has 2 heteroatoms. The van der Waals surface area contributed by atoms with Crippen molar-refractivity contribution in [3.8, 4) is 23.8 Å². The van der Waals surface area contributed by atoms with Gasteiger partial charge in [0.05, 0.1) is 0 Å². The molecule has 0 saturated heterocycles. The van der Waals surface area contributed by atoms with Crippen LogP contribution in [0.25, 0.3) is 0 Å². The molecule has 1 atom stereocenters. The fourth-order valence-corrected chi connectivity index (χ4v) is 1.14. The zero-order chi connectivity index (χ0) is 8.81. The summed E-state index contributed by atoms with van der Waals surface area (Å²) in [5.41, 5.74) is 6.34. The Bertz CT molecular complexity index is 293. The minimum absolute atomic E-state index is 0.401. The van der Waals surface area contributed by atoms with Crippen molar-refractivity contribution < 1.29 is 0 Å². The number of hydrogen-bond acceptors (Lipinski definition) is 2. The van der Waals surface area contributed by atoms with Gasteiger partial charge >= 0.3 is 0 Å². The van der Waals surface area contributed by atoms with Crippen LogP contribution in [0.2, 0.25) is 0 Å². The molecule has 0 aromatic carbocycles. The van der Waals surface area contributed by atoms with E-state index in [-0.39, 0.29) is 0 Å². The third-order valence-electron chi connectivity index (χ3n) is 1.88. The van der Waals surface area contributed by atoms with Crippen molar-refractivity contribution in [1.29, 1.82) is 0 Å². The molecule has 1 rings (SSSR count). The van der Waals surface area contributed by atoms with Crippen molar-refractivity contribution in [2.24, 2.45) is 11.7 Å². The number of rotatable bonds is 1. The van der Waals surface area contributed by atoms with Crippen LogP contribution in [0.4, 0.5) is 0 Å². The fourth-order valence-electron chi connectivity index (χ4n) is 1.14. The standard InChI is InChI=1S/C10H12N2/c1-12-8-10-6-5-9(10)4-2-3-7-11/h8-9,12H,5-6,11H2,1H3. The Morgan fingerprint density at radius 3 is 2.92 bits per heavy atom. The smallest absolute Gasteiger partial charge is 0.0442 e. The van der Waals surface area contributed by atoms with Crippen LogP contribution in [0, 0.1) is 29.7 Å². The lowest BCUT2D eigenvalue weighted by molar-refractivity contribution is 0.543. The molecule has 1 aliphatic rings. The molecule has 62 valence electrons. The Morgan fingerprint density at radius 1 is 1.58 bits per heavy atom. The quantitative estimate of drug-likeness (QED) is 0.431. The molecule has 1 fully saturated rings. The summed E-state index contributed by atoms with van der Waals surface area (Å²) < 4.78 is 0. The van der Waals surface area contributed by atoms with Crippen LogP contribution >= 0.6 is 0 Å². The molecule has 0 heterocycles. The summed E-state index contributed by atoms with van der Waals surface area (Å²) in [6.45, 7) is 0. The van der Waals surface area contributed by atoms with Gasteiger partial charge in [-0.25, -0.2) is 0 Å². The van der Waals surface area contributed by atoms with Crippen LogP contribution in [0.15, 0.2) is 11.8 Å². The Balaban J connectivity index is 2.50. The lowest BCUT2D eigenvalue weighted by Crippen LogP contribution is -2.15. The SMILES string of the molecule is CNC=C1CCC1C#CC#CN. The highest BCUT2D eigenvalue weighted by Gasteiger charge is 2.21. The number of nitrogens with one attached hydrogen (secondary N) is 1. The molecule has 0 amide bonds. The van der Waals surface area contributed by atoms with Gasteiger partial charge in [0.25, 0.3) is 0 Å². The lowest BCUT2D eigenvalue weighted by Gasteiger charge is -2.24. The Hall–Kier alpha value is -1.54. The maximum Gasteiger partial charge on any atom is 0.0442 e. The molecule has 1 aliphatic carbocycles. The van der Waals surface area contributed by atoms with Crippen LogP contribution in [0.3, 0.4) is 0 Å². The minimum atomic E-state index is 0.401. The summed E-state index contributed by atoms with van der Waals surface area (Å²) >= 11 is 0. The van der Waals surface area contributed by atoms with E-state index in [2.05, 4.69) is 29.1 Å². The summed E-state index contributed by atoms with van der Waals surface area (Å²) in [5.74, 6) is 8.69. The second-order valence-corrected chi connectivity index (χ2v) is 2.64. The Morgan fingerprint density at radius 2 is 2.42 bits per heavy atom. The topological polar surface area (TPSA) is 38.0 Å². The zero-order valence-corrected chi connectivity index (χ0v) is 7.15. The van der Waals surface area contributed by atoms with E-state index >= 15 is 0 Å². The van der Waals surface area contributed by atoms with Crippen molar-refractivity contribution in [2.45, 2.75) is 12.8 Å². The summed E-state index contributed by atoms with van der Waals surface area (Å²) in [6.07, 6.45) is 4.31. The lowest BCUT2D eigenvalue weighted by atomic mass is 9.80. The molecule has 1 unspecified atom stereocenters. The first-order chi connectivity index (χ1) is 5.88. The van der Waals surface area contributed by atoms with Gasteiger partial charge < -0.3 is 11.1 Å². The van der Waals surface area contributed by atoms with E-state index < -0.39 is 0 Å². The van der Waals surface area contributed by atoms with Gasteiger partial charge in [-0.2, -0.15) is 0 Å². The van der Waals surface area contributed by atoms with Crippen LogP contribution in [0.1, 0.15) is 12.8 Å². The van der Waals surface area contributed by atoms with Crippen molar-refractivity contribution in [2.75, 3.05) is 7.05 Å². The number of nitrogens with two attached hydrogens (primary N) is 1. The van der Waals surface area contributed by atoms with E-state index in [4.69, 9.17) is 5.73 Å². The summed E-state index contributed by atoms with van der Waals surface area (Å²) in [6, 6.07) is 2.26. The summed E-state index contributed by atoms with van der Waals surface area (Å²) in [5, 5.41) is 3.00. The Labute approximate surface area is 73.2 Å². The second kappa shape index (κ2) is 4.36. The van der Waals surface area contributed by atoms with Gasteiger partial charge in [-0.3, -0.25) is 0 Å². The first kappa shape index (κ1) is 8.56. The molecule has 0 aliphatic heterocycles. The van der Waals surface area contributed by atoms with Crippen LogP contribution < -0.4 is 11.1 Å². The molecule has 0 spiro atoms. The van der Waals surface area contributed by atoms with E-state index in [9.17, 15) is 0 Å². The normalized spacial score (nSPS) is 22.8. The van der Waals surface area contributed by atoms with Gasteiger partial charge in [0.2, 0.25) is 0 Å². The van der Waals surface area contributed by atoms with Crippen molar-refractivity contribution in [1.82, 2.24) is 5.32 Å². The maximum atomic E-state index is 4.98. The molecule has 12 heavy (non-hydrogen) atoms. The molecule has 1 saturated carbocycles. The minimum Gasteiger partial charge on any atom is -0.394 e. The van der Waals surface area contributed by atoms with Crippen LogP contribution in [0.5, 0.6) is 0 Å². The maximum absolute atomic E-state index is 4.98. The molecule has 2 nitrogen and oxygen atoms in total. The van der Waals surface area contributed by atoms with E-state index in [0.717, 1.165) is 12.8 Å². The third-order valence-corrected chi connectivity index (χ3v) is 1.88. The van der Waals surface area contributed by atoms with E-state index in [1.54, 1.807) is 0 Å². The fraction of sp³-hybridized carbons (Fsp3) is 0.400.